The molecule has 3 rings (SSSR count). The fraction of sp³-hybridized carbons (Fsp3) is 0.188. The fourth-order valence-electron chi connectivity index (χ4n) is 2.43. The van der Waals surface area contributed by atoms with Crippen molar-refractivity contribution in [1.29, 1.82) is 0 Å². The number of nitrogens with zero attached hydrogens (tertiary/aromatic N) is 4. The molecule has 0 N–H and O–H groups in total. The summed E-state index contributed by atoms with van der Waals surface area (Å²) in [5.74, 6) is -0.376. The van der Waals surface area contributed by atoms with Crippen LogP contribution in [0.2, 0.25) is 0 Å². The number of aromatic nitrogens is 3. The van der Waals surface area contributed by atoms with E-state index in [1.807, 2.05) is 0 Å². The lowest BCUT2D eigenvalue weighted by Crippen LogP contribution is -2.39. The normalized spacial score (nSPS) is 13.3. The van der Waals surface area contributed by atoms with E-state index in [2.05, 4.69) is 10.3 Å². The molecular weight excluding hydrogens is 328 g/mol. The summed E-state index contributed by atoms with van der Waals surface area (Å²) in [7, 11) is -2.27. The number of benzene rings is 2. The quantitative estimate of drug-likeness (QED) is 0.658. The molecule has 0 aliphatic rings. The van der Waals surface area contributed by atoms with E-state index >= 15 is 0 Å². The molecule has 0 saturated carbocycles. The van der Waals surface area contributed by atoms with Crippen LogP contribution < -0.4 is 0 Å². The molecule has 124 valence electrons. The first-order valence-electron chi connectivity index (χ1n) is 7.22. The Bertz CT molecular complexity index is 983. The molecule has 1 unspecified atom stereocenters. The lowest BCUT2D eigenvalue weighted by Gasteiger charge is -2.25. The predicted octanol–water partition coefficient (Wildman–Crippen LogP) is 1.70. The van der Waals surface area contributed by atoms with E-state index in [1.165, 1.54) is 11.7 Å². The van der Waals surface area contributed by atoms with E-state index in [0.29, 0.717) is 16.6 Å². The van der Waals surface area contributed by atoms with Crippen molar-refractivity contribution < 1.29 is 13.2 Å². The Morgan fingerprint density at radius 3 is 2.38 bits per heavy atom. The van der Waals surface area contributed by atoms with Crippen LogP contribution in [0.15, 0.2) is 54.6 Å². The molecule has 24 heavy (non-hydrogen) atoms. The smallest absolute Gasteiger partial charge is 0.213 e. The van der Waals surface area contributed by atoms with Crippen molar-refractivity contribution in [2.75, 3.05) is 13.3 Å². The summed E-state index contributed by atoms with van der Waals surface area (Å²) in [6, 6.07) is 15.6. The van der Waals surface area contributed by atoms with Gasteiger partial charge in [0, 0.05) is 12.6 Å². The van der Waals surface area contributed by atoms with Gasteiger partial charge in [0.1, 0.15) is 5.52 Å². The number of carbonyl (C=O) groups is 1. The van der Waals surface area contributed by atoms with Gasteiger partial charge < -0.3 is 0 Å². The monoisotopic (exact) mass is 344 g/mol. The predicted molar refractivity (Wildman–Crippen MR) is 89.9 cm³/mol. The third-order valence-corrected chi connectivity index (χ3v) is 5.02. The lowest BCUT2D eigenvalue weighted by molar-refractivity contribution is 0.0836. The first-order chi connectivity index (χ1) is 11.4. The maximum atomic E-state index is 13.0. The SMILES string of the molecule is CN(C(C(=O)c1ccccc1)n1nnc2ccccc21)S(C)(=O)=O. The zero-order valence-electron chi connectivity index (χ0n) is 13.2. The number of para-hydroxylation sites is 1. The summed E-state index contributed by atoms with van der Waals surface area (Å²) in [5, 5.41) is 8.04. The second-order valence-corrected chi connectivity index (χ2v) is 7.45. The molecule has 0 saturated heterocycles. The Morgan fingerprint density at radius 2 is 1.71 bits per heavy atom. The van der Waals surface area contributed by atoms with Crippen molar-refractivity contribution in [3.63, 3.8) is 0 Å². The van der Waals surface area contributed by atoms with Crippen LogP contribution in [-0.4, -0.2) is 46.8 Å². The minimum Gasteiger partial charge on any atom is -0.290 e. The van der Waals surface area contributed by atoms with Crippen LogP contribution in [0.4, 0.5) is 0 Å². The van der Waals surface area contributed by atoms with E-state index < -0.39 is 16.2 Å². The summed E-state index contributed by atoms with van der Waals surface area (Å²) >= 11 is 0. The standard InChI is InChI=1S/C16H16N4O3S/c1-19(24(2,22)23)16(15(21)12-8-4-3-5-9-12)20-14-11-7-6-10-13(14)17-18-20/h3-11,16H,1-2H3. The minimum absolute atomic E-state index is 0.376. The van der Waals surface area contributed by atoms with E-state index in [0.717, 1.165) is 10.6 Å². The van der Waals surface area contributed by atoms with Crippen molar-refractivity contribution >= 4 is 26.8 Å². The van der Waals surface area contributed by atoms with Crippen molar-refractivity contribution in [3.8, 4) is 0 Å². The van der Waals surface area contributed by atoms with Gasteiger partial charge in [-0.1, -0.05) is 47.7 Å². The second kappa shape index (κ2) is 6.14. The van der Waals surface area contributed by atoms with Crippen molar-refractivity contribution in [1.82, 2.24) is 19.3 Å². The van der Waals surface area contributed by atoms with E-state index in [9.17, 15) is 13.2 Å². The van der Waals surface area contributed by atoms with Crippen LogP contribution in [0.5, 0.6) is 0 Å². The third-order valence-electron chi connectivity index (χ3n) is 3.77. The molecule has 3 aromatic rings. The molecule has 1 aromatic heterocycles. The maximum absolute atomic E-state index is 13.0. The van der Waals surface area contributed by atoms with Crippen LogP contribution in [-0.2, 0) is 10.0 Å². The van der Waals surface area contributed by atoms with Gasteiger partial charge in [0.2, 0.25) is 15.8 Å². The number of hydrogen-bond acceptors (Lipinski definition) is 5. The van der Waals surface area contributed by atoms with Gasteiger partial charge in [0.25, 0.3) is 0 Å². The Morgan fingerprint density at radius 1 is 1.08 bits per heavy atom. The van der Waals surface area contributed by atoms with E-state index in [4.69, 9.17) is 0 Å². The van der Waals surface area contributed by atoms with Crippen LogP contribution in [0.1, 0.15) is 16.5 Å². The van der Waals surface area contributed by atoms with Crippen molar-refractivity contribution in [2.24, 2.45) is 0 Å². The molecule has 0 aliphatic carbocycles. The first kappa shape index (κ1) is 16.3. The number of likely N-dealkylation sites (N-methyl/N-ethyl adjacent to an activating group) is 1. The lowest BCUT2D eigenvalue weighted by atomic mass is 10.1. The highest BCUT2D eigenvalue weighted by Gasteiger charge is 2.33. The zero-order chi connectivity index (χ0) is 17.3. The van der Waals surface area contributed by atoms with Gasteiger partial charge in [0.05, 0.1) is 11.8 Å². The average Bonchev–Trinajstić information content (AvgIpc) is 2.99. The summed E-state index contributed by atoms with van der Waals surface area (Å²) in [6.07, 6.45) is -0.0907. The zero-order valence-corrected chi connectivity index (χ0v) is 14.0. The van der Waals surface area contributed by atoms with E-state index in [1.54, 1.807) is 54.6 Å². The van der Waals surface area contributed by atoms with Crippen LogP contribution >= 0.6 is 0 Å². The second-order valence-electron chi connectivity index (χ2n) is 5.41. The topological polar surface area (TPSA) is 85.2 Å². The van der Waals surface area contributed by atoms with Crippen molar-refractivity contribution in [3.05, 3.63) is 60.2 Å². The molecule has 7 nitrogen and oxygen atoms in total. The average molecular weight is 344 g/mol. The molecule has 2 aromatic carbocycles. The molecule has 0 fully saturated rings. The van der Waals surface area contributed by atoms with Crippen LogP contribution in [0, 0.1) is 0 Å². The number of rotatable bonds is 5. The van der Waals surface area contributed by atoms with Crippen LogP contribution in [0.3, 0.4) is 0 Å². The molecular formula is C16H16N4O3S. The molecule has 8 heteroatoms. The minimum atomic E-state index is -3.63. The van der Waals surface area contributed by atoms with Gasteiger partial charge in [-0.15, -0.1) is 5.10 Å². The Hall–Kier alpha value is -2.58. The number of fused-ring (bicyclic) bond motifs is 1. The van der Waals surface area contributed by atoms with Gasteiger partial charge >= 0.3 is 0 Å². The number of hydrogen-bond donors (Lipinski definition) is 0. The van der Waals surface area contributed by atoms with Crippen LogP contribution in [0.25, 0.3) is 11.0 Å². The number of Topliss-reactive ketones (excluding diaryl/α,β-unsaturated/α-hetero) is 1. The fourth-order valence-corrected chi connectivity index (χ4v) is 2.98. The summed E-state index contributed by atoms with van der Waals surface area (Å²) < 4.78 is 26.4. The molecule has 1 heterocycles. The highest BCUT2D eigenvalue weighted by Crippen LogP contribution is 2.23. The number of sulfonamides is 1. The highest BCUT2D eigenvalue weighted by atomic mass is 32.2. The molecule has 0 spiro atoms. The van der Waals surface area contributed by atoms with E-state index in [-0.39, 0.29) is 5.78 Å². The van der Waals surface area contributed by atoms with Gasteiger partial charge in [-0.3, -0.25) is 4.79 Å². The molecule has 0 bridgehead atoms. The van der Waals surface area contributed by atoms with Crippen molar-refractivity contribution in [2.45, 2.75) is 6.17 Å². The number of ketones is 1. The summed E-state index contributed by atoms with van der Waals surface area (Å²) in [4.78, 5) is 13.0. The summed E-state index contributed by atoms with van der Waals surface area (Å²) in [6.45, 7) is 0. The highest BCUT2D eigenvalue weighted by molar-refractivity contribution is 7.88. The Kier molecular flexibility index (Phi) is 4.16. The Balaban J connectivity index is 2.18. The van der Waals surface area contributed by atoms with Gasteiger partial charge in [-0.2, -0.15) is 4.31 Å². The Labute approximate surface area is 139 Å². The van der Waals surface area contributed by atoms with Gasteiger partial charge in [0.15, 0.2) is 6.17 Å². The molecule has 0 aliphatic heterocycles. The molecule has 1 atom stereocenters. The van der Waals surface area contributed by atoms with Gasteiger partial charge in [-0.05, 0) is 12.1 Å². The van der Waals surface area contributed by atoms with Gasteiger partial charge in [-0.25, -0.2) is 13.1 Å². The first-order valence-corrected chi connectivity index (χ1v) is 9.06. The molecule has 0 amide bonds. The third kappa shape index (κ3) is 2.93. The summed E-state index contributed by atoms with van der Waals surface area (Å²) in [5.41, 5.74) is 1.57. The molecule has 0 radical (unpaired) electrons. The number of carbonyl (C=O) groups excluding carboxylic acids is 1. The maximum Gasteiger partial charge on any atom is 0.213 e. The largest absolute Gasteiger partial charge is 0.290 e.